The molecule has 0 fully saturated rings. The van der Waals surface area contributed by atoms with E-state index in [4.69, 9.17) is 9.84 Å². The van der Waals surface area contributed by atoms with E-state index >= 15 is 0 Å². The highest BCUT2D eigenvalue weighted by Crippen LogP contribution is 2.33. The van der Waals surface area contributed by atoms with Gasteiger partial charge in [-0.05, 0) is 59.7 Å². The smallest absolute Gasteiger partial charge is 0.341 e. The molecule has 0 amide bonds. The first kappa shape index (κ1) is 26.2. The van der Waals surface area contributed by atoms with Crippen LogP contribution in [0.5, 0.6) is 5.75 Å². The Morgan fingerprint density at radius 2 is 1.66 bits per heavy atom. The molecular weight excluding hydrogens is 492 g/mol. The number of anilines is 1. The number of sulfone groups is 1. The number of hydrogen-bond donors (Lipinski definition) is 2. The van der Waals surface area contributed by atoms with Gasteiger partial charge in [0.25, 0.3) is 0 Å². The minimum absolute atomic E-state index is 0.0219. The maximum absolute atomic E-state index is 13.0. The summed E-state index contributed by atoms with van der Waals surface area (Å²) in [5.41, 5.74) is 2.32. The summed E-state index contributed by atoms with van der Waals surface area (Å²) in [5.74, 6) is -0.935. The van der Waals surface area contributed by atoms with Crippen LogP contribution in [0, 0.1) is 0 Å². The van der Waals surface area contributed by atoms with E-state index in [9.17, 15) is 21.6 Å². The number of carboxylic acids is 1. The molecule has 11 heteroatoms. The summed E-state index contributed by atoms with van der Waals surface area (Å²) in [7, 11) is -4.07. The molecule has 0 aliphatic rings. The monoisotopic (exact) mass is 518 g/mol. The minimum atomic E-state index is -3.78. The maximum Gasteiger partial charge on any atom is 0.341 e. The maximum atomic E-state index is 13.0. The largest absolute Gasteiger partial charge is 0.481 e. The van der Waals surface area contributed by atoms with Gasteiger partial charge in [-0.15, -0.1) is 0 Å². The first-order valence-electron chi connectivity index (χ1n) is 10.4. The van der Waals surface area contributed by atoms with E-state index in [1.54, 1.807) is 49.5 Å². The summed E-state index contributed by atoms with van der Waals surface area (Å²) >= 11 is 0. The van der Waals surface area contributed by atoms with Crippen molar-refractivity contribution in [1.29, 1.82) is 0 Å². The number of carbonyl (C=O) groups is 1. The predicted molar refractivity (Wildman–Crippen MR) is 133 cm³/mol. The minimum Gasteiger partial charge on any atom is -0.481 e. The van der Waals surface area contributed by atoms with Crippen molar-refractivity contribution >= 4 is 31.5 Å². The third-order valence-electron chi connectivity index (χ3n) is 5.22. The molecule has 0 radical (unpaired) electrons. The quantitative estimate of drug-likeness (QED) is 0.419. The third-order valence-corrected chi connectivity index (χ3v) is 8.15. The number of rotatable bonds is 10. The zero-order chi connectivity index (χ0) is 25.8. The SMILES string of the molecule is CNc1ccc(S(=O)(=O)N(C)Cc2ccc(OCC(=O)O)c(-c3cccc(S(C)(=O)=O)c3)c2)cc1. The molecule has 2 N–H and O–H groups in total. The van der Waals surface area contributed by atoms with Gasteiger partial charge in [-0.25, -0.2) is 21.6 Å². The number of carboxylic acid groups (broad SMARTS) is 1. The first-order valence-corrected chi connectivity index (χ1v) is 13.8. The van der Waals surface area contributed by atoms with E-state index in [2.05, 4.69) is 5.32 Å². The lowest BCUT2D eigenvalue weighted by molar-refractivity contribution is -0.139. The molecule has 3 aromatic rings. The fourth-order valence-corrected chi connectivity index (χ4v) is 5.20. The highest BCUT2D eigenvalue weighted by Gasteiger charge is 2.22. The Morgan fingerprint density at radius 3 is 2.26 bits per heavy atom. The van der Waals surface area contributed by atoms with E-state index in [1.807, 2.05) is 0 Å². The van der Waals surface area contributed by atoms with Crippen LogP contribution in [0.15, 0.2) is 76.5 Å². The van der Waals surface area contributed by atoms with E-state index in [-0.39, 0.29) is 22.1 Å². The van der Waals surface area contributed by atoms with Gasteiger partial charge in [0.1, 0.15) is 5.75 Å². The summed E-state index contributed by atoms with van der Waals surface area (Å²) in [6.07, 6.45) is 1.09. The molecule has 0 saturated carbocycles. The van der Waals surface area contributed by atoms with Crippen LogP contribution in [0.2, 0.25) is 0 Å². The van der Waals surface area contributed by atoms with Crippen LogP contribution in [0.4, 0.5) is 5.69 Å². The summed E-state index contributed by atoms with van der Waals surface area (Å²) in [4.78, 5) is 11.3. The second-order valence-corrected chi connectivity index (χ2v) is 11.9. The molecule has 0 aromatic heterocycles. The van der Waals surface area contributed by atoms with Crippen molar-refractivity contribution in [2.75, 3.05) is 32.3 Å². The molecule has 0 spiro atoms. The molecule has 0 aliphatic heterocycles. The summed E-state index contributed by atoms with van der Waals surface area (Å²) < 4.78 is 56.7. The number of nitrogens with one attached hydrogen (secondary N) is 1. The molecular formula is C24H26N2O7S2. The van der Waals surface area contributed by atoms with Gasteiger partial charge in [0.15, 0.2) is 16.4 Å². The Kier molecular flexibility index (Phi) is 7.83. The summed E-state index contributed by atoms with van der Waals surface area (Å²) in [5, 5.41) is 11.9. The van der Waals surface area contributed by atoms with Gasteiger partial charge in [0, 0.05) is 38.1 Å². The van der Waals surface area contributed by atoms with Crippen LogP contribution < -0.4 is 10.1 Å². The van der Waals surface area contributed by atoms with Crippen molar-refractivity contribution in [2.24, 2.45) is 0 Å². The van der Waals surface area contributed by atoms with Crippen molar-refractivity contribution in [3.05, 3.63) is 72.3 Å². The molecule has 0 bridgehead atoms. The van der Waals surface area contributed by atoms with Crippen LogP contribution in [0.1, 0.15) is 5.56 Å². The second-order valence-electron chi connectivity index (χ2n) is 7.85. The predicted octanol–water partition coefficient (Wildman–Crippen LogP) is 3.08. The Hall–Kier alpha value is -3.41. The lowest BCUT2D eigenvalue weighted by Gasteiger charge is -2.19. The zero-order valence-corrected chi connectivity index (χ0v) is 21.1. The Morgan fingerprint density at radius 1 is 0.971 bits per heavy atom. The van der Waals surface area contributed by atoms with Gasteiger partial charge in [-0.1, -0.05) is 18.2 Å². The molecule has 0 atom stereocenters. The van der Waals surface area contributed by atoms with Crippen LogP contribution in [-0.2, 0) is 31.2 Å². The Balaban J connectivity index is 1.98. The molecule has 35 heavy (non-hydrogen) atoms. The Labute approximate surface area is 205 Å². The average molecular weight is 519 g/mol. The van der Waals surface area contributed by atoms with E-state index in [1.165, 1.54) is 35.6 Å². The van der Waals surface area contributed by atoms with Gasteiger partial charge in [0.2, 0.25) is 10.0 Å². The van der Waals surface area contributed by atoms with E-state index in [0.717, 1.165) is 11.9 Å². The molecule has 9 nitrogen and oxygen atoms in total. The number of sulfonamides is 1. The lowest BCUT2D eigenvalue weighted by atomic mass is 10.0. The number of benzene rings is 3. The van der Waals surface area contributed by atoms with Crippen LogP contribution in [-0.4, -0.2) is 59.2 Å². The molecule has 0 unspecified atom stereocenters. The van der Waals surface area contributed by atoms with Crippen LogP contribution >= 0.6 is 0 Å². The number of hydrogen-bond acceptors (Lipinski definition) is 7. The van der Waals surface area contributed by atoms with Crippen LogP contribution in [0.3, 0.4) is 0 Å². The van der Waals surface area contributed by atoms with Gasteiger partial charge in [-0.2, -0.15) is 4.31 Å². The van der Waals surface area contributed by atoms with Crippen LogP contribution in [0.25, 0.3) is 11.1 Å². The third kappa shape index (κ3) is 6.38. The van der Waals surface area contributed by atoms with Gasteiger partial charge in [0.05, 0.1) is 9.79 Å². The van der Waals surface area contributed by atoms with Crippen molar-refractivity contribution in [2.45, 2.75) is 16.3 Å². The highest BCUT2D eigenvalue weighted by atomic mass is 32.2. The average Bonchev–Trinajstić information content (AvgIpc) is 2.82. The lowest BCUT2D eigenvalue weighted by Crippen LogP contribution is -2.26. The summed E-state index contributed by atoms with van der Waals surface area (Å²) in [6, 6.07) is 17.4. The molecule has 186 valence electrons. The molecule has 0 saturated heterocycles. The standard InChI is InChI=1S/C24H26N2O7S2/c1-25-19-8-10-20(11-9-19)35(31,32)26(2)15-17-7-12-23(33-16-24(27)28)22(13-17)18-5-4-6-21(14-18)34(3,29)30/h4-14,25H,15-16H2,1-3H3,(H,27,28). The first-order chi connectivity index (χ1) is 16.4. The number of aliphatic carboxylic acids is 1. The van der Waals surface area contributed by atoms with Crippen molar-refractivity contribution in [1.82, 2.24) is 4.31 Å². The fourth-order valence-electron chi connectivity index (χ4n) is 3.38. The fraction of sp³-hybridized carbons (Fsp3) is 0.208. The van der Waals surface area contributed by atoms with Gasteiger partial charge < -0.3 is 15.2 Å². The van der Waals surface area contributed by atoms with Crippen molar-refractivity contribution < 1.29 is 31.5 Å². The highest BCUT2D eigenvalue weighted by molar-refractivity contribution is 7.90. The summed E-state index contributed by atoms with van der Waals surface area (Å²) in [6.45, 7) is -0.566. The topological polar surface area (TPSA) is 130 Å². The van der Waals surface area contributed by atoms with Gasteiger partial charge >= 0.3 is 5.97 Å². The number of ether oxygens (including phenoxy) is 1. The molecule has 3 aromatic carbocycles. The second kappa shape index (κ2) is 10.5. The number of nitrogens with zero attached hydrogens (tertiary/aromatic N) is 1. The molecule has 0 heterocycles. The van der Waals surface area contributed by atoms with E-state index < -0.39 is 32.4 Å². The van der Waals surface area contributed by atoms with Gasteiger partial charge in [-0.3, -0.25) is 0 Å². The zero-order valence-electron chi connectivity index (χ0n) is 19.4. The molecule has 3 rings (SSSR count). The van der Waals surface area contributed by atoms with Crippen molar-refractivity contribution in [3.8, 4) is 16.9 Å². The Bertz CT molecular complexity index is 1430. The van der Waals surface area contributed by atoms with E-state index in [0.29, 0.717) is 16.7 Å². The molecule has 0 aliphatic carbocycles. The normalized spacial score (nSPS) is 11.9. The van der Waals surface area contributed by atoms with Crippen molar-refractivity contribution in [3.63, 3.8) is 0 Å².